The van der Waals surface area contributed by atoms with Gasteiger partial charge in [-0.3, -0.25) is 9.59 Å². The van der Waals surface area contributed by atoms with Crippen LogP contribution in [0.15, 0.2) is 72.9 Å². The summed E-state index contributed by atoms with van der Waals surface area (Å²) in [4.78, 5) is 24.6. The van der Waals surface area contributed by atoms with Crippen molar-refractivity contribution in [1.29, 1.82) is 0 Å². The minimum absolute atomic E-state index is 0.0658. The third-order valence-electron chi connectivity index (χ3n) is 14.0. The van der Waals surface area contributed by atoms with Crippen molar-refractivity contribution in [1.82, 2.24) is 0 Å². The fraction of sp³-hybridized carbons (Fsp3) is 0.791. The summed E-state index contributed by atoms with van der Waals surface area (Å²) < 4.78 is 10.7. The van der Waals surface area contributed by atoms with E-state index in [4.69, 9.17) is 9.47 Å². The molecule has 418 valence electrons. The van der Waals surface area contributed by atoms with Gasteiger partial charge in [-0.2, -0.15) is 0 Å². The molecule has 0 aromatic rings. The average Bonchev–Trinajstić information content (AvgIpc) is 3.38. The first-order chi connectivity index (χ1) is 35.6. The quantitative estimate of drug-likeness (QED) is 0.0373. The van der Waals surface area contributed by atoms with Crippen LogP contribution in [0.2, 0.25) is 0 Å². The Balaban J connectivity index is 3.41. The number of rotatable bonds is 58. The minimum atomic E-state index is -0.774. The van der Waals surface area contributed by atoms with Gasteiger partial charge in [0, 0.05) is 12.8 Å². The lowest BCUT2D eigenvalue weighted by Gasteiger charge is -2.15. The highest BCUT2D eigenvalue weighted by Gasteiger charge is 2.16. The van der Waals surface area contributed by atoms with Crippen LogP contribution in [0.1, 0.15) is 322 Å². The number of esters is 2. The molecule has 1 unspecified atom stereocenters. The Morgan fingerprint density at radius 1 is 0.333 bits per heavy atom. The maximum Gasteiger partial charge on any atom is 0.306 e. The third-order valence-corrected chi connectivity index (χ3v) is 14.0. The smallest absolute Gasteiger partial charge is 0.306 e. The molecule has 0 bridgehead atoms. The van der Waals surface area contributed by atoms with Crippen LogP contribution in [0, 0.1) is 0 Å². The van der Waals surface area contributed by atoms with E-state index in [1.54, 1.807) is 0 Å². The van der Waals surface area contributed by atoms with Gasteiger partial charge in [-0.1, -0.05) is 299 Å². The molecule has 0 heterocycles. The van der Waals surface area contributed by atoms with E-state index in [0.29, 0.717) is 12.8 Å². The van der Waals surface area contributed by atoms with Crippen molar-refractivity contribution in [2.45, 2.75) is 328 Å². The lowest BCUT2D eigenvalue weighted by atomic mass is 10.0. The highest BCUT2D eigenvalue weighted by atomic mass is 16.6. The summed E-state index contributed by atoms with van der Waals surface area (Å²) in [7, 11) is 0. The first kappa shape index (κ1) is 69.3. The topological polar surface area (TPSA) is 72.8 Å². The molecule has 5 nitrogen and oxygen atoms in total. The van der Waals surface area contributed by atoms with Crippen LogP contribution in [-0.2, 0) is 19.1 Å². The molecule has 0 rings (SSSR count). The monoisotopic (exact) mass is 1000 g/mol. The predicted octanol–water partition coefficient (Wildman–Crippen LogP) is 21.5. The number of ether oxygens (including phenoxy) is 2. The van der Waals surface area contributed by atoms with Crippen molar-refractivity contribution < 1.29 is 24.2 Å². The summed E-state index contributed by atoms with van der Waals surface area (Å²) in [5.74, 6) is -0.581. The Kier molecular flexibility index (Phi) is 60.3. The molecule has 1 N–H and O–H groups in total. The zero-order valence-corrected chi connectivity index (χ0v) is 47.9. The maximum atomic E-state index is 12.3. The highest BCUT2D eigenvalue weighted by Crippen LogP contribution is 2.17. The Labute approximate surface area is 448 Å². The largest absolute Gasteiger partial charge is 0.462 e. The van der Waals surface area contributed by atoms with E-state index < -0.39 is 6.10 Å². The third kappa shape index (κ3) is 59.9. The molecule has 0 fully saturated rings. The minimum Gasteiger partial charge on any atom is -0.462 e. The number of allylic oxidation sites excluding steroid dienone is 12. The van der Waals surface area contributed by atoms with E-state index in [9.17, 15) is 14.7 Å². The molecule has 0 spiro atoms. The first-order valence-electron chi connectivity index (χ1n) is 31.5. The van der Waals surface area contributed by atoms with Gasteiger partial charge >= 0.3 is 11.9 Å². The van der Waals surface area contributed by atoms with Gasteiger partial charge in [-0.05, 0) is 83.5 Å². The van der Waals surface area contributed by atoms with Crippen LogP contribution in [0.25, 0.3) is 0 Å². The van der Waals surface area contributed by atoms with Gasteiger partial charge in [0.15, 0.2) is 6.10 Å². The maximum absolute atomic E-state index is 12.3. The Bertz CT molecular complexity index is 1270. The van der Waals surface area contributed by atoms with E-state index in [0.717, 1.165) is 70.6 Å². The lowest BCUT2D eigenvalue weighted by Crippen LogP contribution is -2.28. The number of carbonyl (C=O) groups excluding carboxylic acids is 2. The molecule has 0 aromatic carbocycles. The molecule has 0 aliphatic carbocycles. The number of unbranched alkanes of at least 4 members (excludes halogenated alkanes) is 38. The second-order valence-corrected chi connectivity index (χ2v) is 21.1. The van der Waals surface area contributed by atoms with Crippen LogP contribution >= 0.6 is 0 Å². The zero-order valence-electron chi connectivity index (χ0n) is 47.9. The van der Waals surface area contributed by atoms with Crippen molar-refractivity contribution in [2.75, 3.05) is 13.2 Å². The summed E-state index contributed by atoms with van der Waals surface area (Å²) in [5, 5.41) is 9.67. The van der Waals surface area contributed by atoms with Crippen LogP contribution in [0.3, 0.4) is 0 Å². The first-order valence-corrected chi connectivity index (χ1v) is 31.5. The average molecular weight is 1010 g/mol. The van der Waals surface area contributed by atoms with Crippen LogP contribution in [-0.4, -0.2) is 36.4 Å². The molecule has 72 heavy (non-hydrogen) atoms. The highest BCUT2D eigenvalue weighted by molar-refractivity contribution is 5.70. The normalized spacial score (nSPS) is 12.7. The van der Waals surface area contributed by atoms with Crippen molar-refractivity contribution in [3.8, 4) is 0 Å². The van der Waals surface area contributed by atoms with Gasteiger partial charge in [0.2, 0.25) is 0 Å². The SMILES string of the molecule is CC/C=C\C/C=C\C/C=C\C/C=C\CCCCCCCCCCCCCCCCCCCCCCCCCCC(=O)OC(CO)COC(=O)CCCCCCCCCCC/C=C\C/C=C\CCCCCCC. The van der Waals surface area contributed by atoms with E-state index >= 15 is 0 Å². The van der Waals surface area contributed by atoms with E-state index in [-0.39, 0.29) is 25.2 Å². The molecular weight excluding hydrogens is 885 g/mol. The molecule has 0 radical (unpaired) electrons. The molecular formula is C67H120O5. The number of hydrogen-bond acceptors (Lipinski definition) is 5. The van der Waals surface area contributed by atoms with Gasteiger partial charge in [0.25, 0.3) is 0 Å². The van der Waals surface area contributed by atoms with Gasteiger partial charge < -0.3 is 14.6 Å². The number of carbonyl (C=O) groups is 2. The molecule has 1 atom stereocenters. The van der Waals surface area contributed by atoms with Gasteiger partial charge in [0.05, 0.1) is 6.61 Å². The summed E-state index contributed by atoms with van der Waals surface area (Å²) in [6.45, 7) is 4.05. The van der Waals surface area contributed by atoms with E-state index in [1.165, 1.54) is 225 Å². The van der Waals surface area contributed by atoms with Crippen molar-refractivity contribution in [3.63, 3.8) is 0 Å². The van der Waals surface area contributed by atoms with E-state index in [1.807, 2.05) is 0 Å². The van der Waals surface area contributed by atoms with Gasteiger partial charge in [-0.25, -0.2) is 0 Å². The zero-order chi connectivity index (χ0) is 52.0. The second kappa shape index (κ2) is 62.6. The summed E-state index contributed by atoms with van der Waals surface area (Å²) >= 11 is 0. The fourth-order valence-corrected chi connectivity index (χ4v) is 9.29. The van der Waals surface area contributed by atoms with Crippen LogP contribution in [0.4, 0.5) is 0 Å². The van der Waals surface area contributed by atoms with Crippen LogP contribution in [0.5, 0.6) is 0 Å². The van der Waals surface area contributed by atoms with Crippen molar-refractivity contribution in [3.05, 3.63) is 72.9 Å². The standard InChI is InChI=1S/C67H120O5/c1-3-5-7-9-11-13-15-17-19-21-23-25-26-27-28-29-30-31-32-33-34-35-36-37-38-39-40-42-44-46-48-50-52-54-56-58-60-62-67(70)72-65(63-68)64-71-66(69)61-59-57-55-53-51-49-47-45-43-41-24-22-20-18-16-14-12-10-8-6-4-2/h5,7,11,13,16-19,22-25,65,68H,3-4,6,8-10,12,14-15,20-21,26-64H2,1-2H3/b7-5-,13-11-,18-16-,19-17-,24-22-,25-23-. The summed E-state index contributed by atoms with van der Waals surface area (Å²) in [6.07, 6.45) is 86.2. The molecule has 0 amide bonds. The molecule has 0 aromatic heterocycles. The Hall–Kier alpha value is -2.66. The van der Waals surface area contributed by atoms with Crippen molar-refractivity contribution in [2.24, 2.45) is 0 Å². The number of aliphatic hydroxyl groups excluding tert-OH is 1. The van der Waals surface area contributed by atoms with E-state index in [2.05, 4.69) is 86.8 Å². The summed E-state index contributed by atoms with van der Waals surface area (Å²) in [6, 6.07) is 0. The van der Waals surface area contributed by atoms with Gasteiger partial charge in [0.1, 0.15) is 6.61 Å². The Morgan fingerprint density at radius 3 is 0.903 bits per heavy atom. The second-order valence-electron chi connectivity index (χ2n) is 21.1. The number of hydrogen-bond donors (Lipinski definition) is 1. The lowest BCUT2D eigenvalue weighted by molar-refractivity contribution is -0.161. The Morgan fingerprint density at radius 2 is 0.597 bits per heavy atom. The molecule has 5 heteroatoms. The van der Waals surface area contributed by atoms with Crippen molar-refractivity contribution >= 4 is 11.9 Å². The van der Waals surface area contributed by atoms with Crippen LogP contribution < -0.4 is 0 Å². The predicted molar refractivity (Wildman–Crippen MR) is 316 cm³/mol. The fourth-order valence-electron chi connectivity index (χ4n) is 9.29. The van der Waals surface area contributed by atoms with Gasteiger partial charge in [-0.15, -0.1) is 0 Å². The molecule has 0 aliphatic heterocycles. The molecule has 0 saturated heterocycles. The molecule has 0 aliphatic rings. The number of aliphatic hydroxyl groups is 1. The summed E-state index contributed by atoms with van der Waals surface area (Å²) in [5.41, 5.74) is 0. The molecule has 0 saturated carbocycles.